The summed E-state index contributed by atoms with van der Waals surface area (Å²) in [5, 5.41) is 5.08. The highest BCUT2D eigenvalue weighted by atomic mass is 35.5. The molecular formula is C12H13ClN2O. The van der Waals surface area contributed by atoms with Crippen LogP contribution in [0.1, 0.15) is 5.69 Å². The number of methoxy groups -OCH3 is 1. The van der Waals surface area contributed by atoms with Crippen LogP contribution in [0.2, 0.25) is 5.02 Å². The van der Waals surface area contributed by atoms with Crippen molar-refractivity contribution in [3.8, 4) is 17.0 Å². The number of hydrogen-bond donors (Lipinski definition) is 0. The molecule has 0 radical (unpaired) electrons. The lowest BCUT2D eigenvalue weighted by atomic mass is 10.1. The second-order valence-electron chi connectivity index (χ2n) is 3.60. The van der Waals surface area contributed by atoms with Crippen LogP contribution in [0.15, 0.2) is 24.3 Å². The summed E-state index contributed by atoms with van der Waals surface area (Å²) < 4.78 is 6.89. The van der Waals surface area contributed by atoms with E-state index < -0.39 is 0 Å². The number of aromatic nitrogens is 2. The molecule has 1 heterocycles. The Hall–Kier alpha value is -1.48. The maximum Gasteiger partial charge on any atom is 0.118 e. The molecule has 1 aromatic carbocycles. The molecule has 0 spiro atoms. The largest absolute Gasteiger partial charge is 0.497 e. The van der Waals surface area contributed by atoms with Crippen LogP contribution < -0.4 is 4.74 Å². The Morgan fingerprint density at radius 2 is 1.88 bits per heavy atom. The van der Waals surface area contributed by atoms with Crippen molar-refractivity contribution in [3.63, 3.8) is 0 Å². The van der Waals surface area contributed by atoms with Gasteiger partial charge in [-0.25, -0.2) is 0 Å². The van der Waals surface area contributed by atoms with E-state index in [0.717, 1.165) is 22.7 Å². The molecule has 0 aliphatic rings. The molecule has 2 rings (SSSR count). The van der Waals surface area contributed by atoms with E-state index >= 15 is 0 Å². The topological polar surface area (TPSA) is 27.1 Å². The Bertz CT molecular complexity index is 502. The van der Waals surface area contributed by atoms with Crippen LogP contribution in [0.4, 0.5) is 0 Å². The molecule has 0 saturated carbocycles. The molecule has 1 aromatic heterocycles. The van der Waals surface area contributed by atoms with Crippen LogP contribution in [0.25, 0.3) is 11.3 Å². The molecule has 3 nitrogen and oxygen atoms in total. The van der Waals surface area contributed by atoms with E-state index in [0.29, 0.717) is 5.02 Å². The fourth-order valence-electron chi connectivity index (χ4n) is 1.52. The first kappa shape index (κ1) is 11.0. The Kier molecular flexibility index (Phi) is 2.88. The van der Waals surface area contributed by atoms with Crippen LogP contribution in [0.5, 0.6) is 5.75 Å². The molecule has 0 amide bonds. The molecule has 0 bridgehead atoms. The quantitative estimate of drug-likeness (QED) is 0.801. The summed E-state index contributed by atoms with van der Waals surface area (Å²) in [5.41, 5.74) is 2.77. The minimum atomic E-state index is 0.702. The Morgan fingerprint density at radius 3 is 2.31 bits per heavy atom. The molecular weight excluding hydrogens is 224 g/mol. The molecule has 4 heteroatoms. The van der Waals surface area contributed by atoms with E-state index in [1.165, 1.54) is 0 Å². The van der Waals surface area contributed by atoms with Gasteiger partial charge in [0.25, 0.3) is 0 Å². The summed E-state index contributed by atoms with van der Waals surface area (Å²) in [7, 11) is 3.53. The number of aryl methyl sites for hydroxylation is 1. The predicted octanol–water partition coefficient (Wildman–Crippen LogP) is 3.06. The van der Waals surface area contributed by atoms with Crippen LogP contribution in [-0.4, -0.2) is 16.9 Å². The lowest BCUT2D eigenvalue weighted by Gasteiger charge is -2.01. The number of ether oxygens (including phenoxy) is 1. The third kappa shape index (κ3) is 1.78. The lowest BCUT2D eigenvalue weighted by molar-refractivity contribution is 0.415. The van der Waals surface area contributed by atoms with E-state index in [1.807, 2.05) is 38.2 Å². The van der Waals surface area contributed by atoms with E-state index in [-0.39, 0.29) is 0 Å². The normalized spacial score (nSPS) is 10.5. The first-order valence-electron chi connectivity index (χ1n) is 4.97. The zero-order chi connectivity index (χ0) is 11.7. The first-order chi connectivity index (χ1) is 7.63. The zero-order valence-electron chi connectivity index (χ0n) is 9.49. The van der Waals surface area contributed by atoms with Gasteiger partial charge in [0, 0.05) is 12.6 Å². The maximum absolute atomic E-state index is 6.21. The van der Waals surface area contributed by atoms with Crippen LogP contribution in [0, 0.1) is 6.92 Å². The summed E-state index contributed by atoms with van der Waals surface area (Å²) in [4.78, 5) is 0. The van der Waals surface area contributed by atoms with Gasteiger partial charge in [0.15, 0.2) is 0 Å². The summed E-state index contributed by atoms with van der Waals surface area (Å²) in [6, 6.07) is 7.70. The van der Waals surface area contributed by atoms with Crippen molar-refractivity contribution in [2.45, 2.75) is 6.92 Å². The van der Waals surface area contributed by atoms with Gasteiger partial charge in [-0.3, -0.25) is 4.68 Å². The molecule has 16 heavy (non-hydrogen) atoms. The summed E-state index contributed by atoms with van der Waals surface area (Å²) in [6.45, 7) is 1.95. The third-order valence-corrected chi connectivity index (χ3v) is 3.08. The highest BCUT2D eigenvalue weighted by Gasteiger charge is 2.12. The Balaban J connectivity index is 2.46. The van der Waals surface area contributed by atoms with Gasteiger partial charge >= 0.3 is 0 Å². The van der Waals surface area contributed by atoms with Gasteiger partial charge in [-0.2, -0.15) is 5.10 Å². The van der Waals surface area contributed by atoms with Crippen molar-refractivity contribution in [2.24, 2.45) is 7.05 Å². The fourth-order valence-corrected chi connectivity index (χ4v) is 1.78. The third-order valence-electron chi connectivity index (χ3n) is 2.62. The van der Waals surface area contributed by atoms with Gasteiger partial charge in [-0.05, 0) is 31.2 Å². The summed E-state index contributed by atoms with van der Waals surface area (Å²) in [5.74, 6) is 0.826. The van der Waals surface area contributed by atoms with E-state index in [2.05, 4.69) is 5.10 Å². The molecule has 0 atom stereocenters. The second kappa shape index (κ2) is 4.18. The minimum absolute atomic E-state index is 0.702. The predicted molar refractivity (Wildman–Crippen MR) is 64.9 cm³/mol. The second-order valence-corrected chi connectivity index (χ2v) is 3.98. The lowest BCUT2D eigenvalue weighted by Crippen LogP contribution is -1.92. The van der Waals surface area contributed by atoms with E-state index in [9.17, 15) is 0 Å². The SMILES string of the molecule is COc1ccc(-c2nn(C)c(C)c2Cl)cc1. The van der Waals surface area contributed by atoms with Gasteiger partial charge in [-0.15, -0.1) is 0 Å². The van der Waals surface area contributed by atoms with Crippen LogP contribution in [0.3, 0.4) is 0 Å². The number of benzene rings is 1. The van der Waals surface area contributed by atoms with E-state index in [4.69, 9.17) is 16.3 Å². The highest BCUT2D eigenvalue weighted by molar-refractivity contribution is 6.33. The number of rotatable bonds is 2. The molecule has 0 unspecified atom stereocenters. The smallest absolute Gasteiger partial charge is 0.118 e. The molecule has 2 aromatic rings. The standard InChI is InChI=1S/C12H13ClN2O/c1-8-11(13)12(14-15(8)2)9-4-6-10(16-3)7-5-9/h4-7H,1-3H3. The first-order valence-corrected chi connectivity index (χ1v) is 5.35. The van der Waals surface area contributed by atoms with Crippen molar-refractivity contribution < 1.29 is 4.74 Å². The fraction of sp³-hybridized carbons (Fsp3) is 0.250. The van der Waals surface area contributed by atoms with Crippen molar-refractivity contribution in [1.29, 1.82) is 0 Å². The molecule has 0 saturated heterocycles. The van der Waals surface area contributed by atoms with Crippen molar-refractivity contribution in [3.05, 3.63) is 35.0 Å². The Labute approximate surface area is 99.6 Å². The zero-order valence-corrected chi connectivity index (χ0v) is 10.2. The average Bonchev–Trinajstić information content (AvgIpc) is 2.57. The van der Waals surface area contributed by atoms with Crippen molar-refractivity contribution in [2.75, 3.05) is 7.11 Å². The summed E-state index contributed by atoms with van der Waals surface area (Å²) in [6.07, 6.45) is 0. The van der Waals surface area contributed by atoms with E-state index in [1.54, 1.807) is 11.8 Å². The summed E-state index contributed by atoms with van der Waals surface area (Å²) >= 11 is 6.21. The van der Waals surface area contributed by atoms with Gasteiger partial charge in [-0.1, -0.05) is 11.6 Å². The van der Waals surface area contributed by atoms with Crippen LogP contribution in [-0.2, 0) is 7.05 Å². The van der Waals surface area contributed by atoms with Crippen LogP contribution >= 0.6 is 11.6 Å². The molecule has 0 N–H and O–H groups in total. The van der Waals surface area contributed by atoms with Gasteiger partial charge < -0.3 is 4.74 Å². The van der Waals surface area contributed by atoms with Gasteiger partial charge in [0.1, 0.15) is 11.4 Å². The highest BCUT2D eigenvalue weighted by Crippen LogP contribution is 2.30. The number of nitrogens with zero attached hydrogens (tertiary/aromatic N) is 2. The molecule has 0 aliphatic heterocycles. The number of halogens is 1. The molecule has 0 aliphatic carbocycles. The van der Waals surface area contributed by atoms with Gasteiger partial charge in [0.2, 0.25) is 0 Å². The minimum Gasteiger partial charge on any atom is -0.497 e. The van der Waals surface area contributed by atoms with Gasteiger partial charge in [0.05, 0.1) is 17.8 Å². The number of hydrogen-bond acceptors (Lipinski definition) is 2. The molecule has 0 fully saturated rings. The maximum atomic E-state index is 6.21. The monoisotopic (exact) mass is 236 g/mol. The van der Waals surface area contributed by atoms with Crippen molar-refractivity contribution in [1.82, 2.24) is 9.78 Å². The molecule has 84 valence electrons. The van der Waals surface area contributed by atoms with Crippen molar-refractivity contribution >= 4 is 11.6 Å². The Morgan fingerprint density at radius 1 is 1.25 bits per heavy atom. The average molecular weight is 237 g/mol.